The zero-order chi connectivity index (χ0) is 9.23. The first-order valence-corrected chi connectivity index (χ1v) is 5.45. The van der Waals surface area contributed by atoms with Gasteiger partial charge in [0.05, 0.1) is 0 Å². The molecule has 0 saturated carbocycles. The Bertz CT molecular complexity index is 174. The van der Waals surface area contributed by atoms with E-state index in [-0.39, 0.29) is 0 Å². The van der Waals surface area contributed by atoms with Gasteiger partial charge in [-0.05, 0) is 24.3 Å². The van der Waals surface area contributed by atoms with E-state index >= 15 is 0 Å². The molecule has 0 unspecified atom stereocenters. The smallest absolute Gasteiger partial charge is 0.0278 e. The highest BCUT2D eigenvalue weighted by atomic mass is 32.2. The van der Waals surface area contributed by atoms with E-state index in [1.165, 1.54) is 17.1 Å². The van der Waals surface area contributed by atoms with Gasteiger partial charge in [-0.2, -0.15) is 0 Å². The monoisotopic (exact) mass is 183 g/mol. The lowest BCUT2D eigenvalue weighted by atomic mass is 10.5. The van der Waals surface area contributed by atoms with E-state index in [9.17, 15) is 0 Å². The number of thioether (sulfide) groups is 1. The van der Waals surface area contributed by atoms with Crippen LogP contribution in [0.25, 0.3) is 0 Å². The zero-order valence-corrected chi connectivity index (χ0v) is 8.90. The molecule has 0 fully saturated rings. The standard InChI is InChI=1S/C8H11NS.C2H6/c1-2-7-10-8-3-5-9-6-4-8;1-2/h3-6H,2,7H2,1H3;1-2H3. The van der Waals surface area contributed by atoms with Crippen molar-refractivity contribution in [2.24, 2.45) is 0 Å². The minimum atomic E-state index is 1.20. The van der Waals surface area contributed by atoms with Gasteiger partial charge in [-0.3, -0.25) is 4.98 Å². The van der Waals surface area contributed by atoms with E-state index in [0.29, 0.717) is 0 Å². The van der Waals surface area contributed by atoms with E-state index < -0.39 is 0 Å². The second-order valence-electron chi connectivity index (χ2n) is 2.03. The van der Waals surface area contributed by atoms with Gasteiger partial charge in [0, 0.05) is 17.3 Å². The molecule has 1 nitrogen and oxygen atoms in total. The summed E-state index contributed by atoms with van der Waals surface area (Å²) < 4.78 is 0. The highest BCUT2D eigenvalue weighted by molar-refractivity contribution is 7.99. The van der Waals surface area contributed by atoms with Gasteiger partial charge in [-0.25, -0.2) is 0 Å². The molecule has 2 heteroatoms. The maximum absolute atomic E-state index is 3.94. The molecule has 0 spiro atoms. The first kappa shape index (κ1) is 11.5. The maximum atomic E-state index is 3.94. The molecule has 68 valence electrons. The molecule has 0 bridgehead atoms. The van der Waals surface area contributed by atoms with Crippen LogP contribution in [0.4, 0.5) is 0 Å². The largest absolute Gasteiger partial charge is 0.265 e. The predicted molar refractivity (Wildman–Crippen MR) is 56.6 cm³/mol. The lowest BCUT2D eigenvalue weighted by Crippen LogP contribution is -1.75. The van der Waals surface area contributed by atoms with Gasteiger partial charge in [0.15, 0.2) is 0 Å². The van der Waals surface area contributed by atoms with Crippen molar-refractivity contribution in [3.8, 4) is 0 Å². The molecule has 1 aromatic rings. The highest BCUT2D eigenvalue weighted by Crippen LogP contribution is 2.16. The summed E-state index contributed by atoms with van der Waals surface area (Å²) in [6, 6.07) is 4.08. The molecule has 0 aliphatic carbocycles. The number of hydrogen-bond acceptors (Lipinski definition) is 2. The van der Waals surface area contributed by atoms with Gasteiger partial charge >= 0.3 is 0 Å². The fourth-order valence-electron chi connectivity index (χ4n) is 0.654. The molecule has 0 amide bonds. The number of hydrogen-bond donors (Lipinski definition) is 0. The molecule has 1 heterocycles. The maximum Gasteiger partial charge on any atom is 0.0278 e. The average Bonchev–Trinajstić information content (AvgIpc) is 2.19. The van der Waals surface area contributed by atoms with Crippen molar-refractivity contribution in [1.82, 2.24) is 4.98 Å². The Morgan fingerprint density at radius 1 is 1.25 bits per heavy atom. The summed E-state index contributed by atoms with van der Waals surface area (Å²) in [5.41, 5.74) is 0. The lowest BCUT2D eigenvalue weighted by Gasteiger charge is -1.95. The summed E-state index contributed by atoms with van der Waals surface area (Å²) in [7, 11) is 0. The van der Waals surface area contributed by atoms with E-state index in [4.69, 9.17) is 0 Å². The number of pyridine rings is 1. The van der Waals surface area contributed by atoms with Crippen molar-refractivity contribution in [2.45, 2.75) is 32.1 Å². The molecule has 1 rings (SSSR count). The lowest BCUT2D eigenvalue weighted by molar-refractivity contribution is 1.10. The van der Waals surface area contributed by atoms with Crippen LogP contribution < -0.4 is 0 Å². The Labute approximate surface area is 79.6 Å². The molecule has 0 N–H and O–H groups in total. The van der Waals surface area contributed by atoms with Gasteiger partial charge in [0.2, 0.25) is 0 Å². The third-order valence-electron chi connectivity index (χ3n) is 1.12. The van der Waals surface area contributed by atoms with Crippen LogP contribution in [0.2, 0.25) is 0 Å². The molecule has 1 aromatic heterocycles. The van der Waals surface area contributed by atoms with Crippen molar-refractivity contribution in [3.05, 3.63) is 24.5 Å². The minimum Gasteiger partial charge on any atom is -0.265 e. The zero-order valence-electron chi connectivity index (χ0n) is 8.08. The molecular weight excluding hydrogens is 166 g/mol. The van der Waals surface area contributed by atoms with Crippen LogP contribution in [0.15, 0.2) is 29.4 Å². The van der Waals surface area contributed by atoms with E-state index in [1.807, 2.05) is 50.1 Å². The average molecular weight is 183 g/mol. The third-order valence-corrected chi connectivity index (χ3v) is 2.34. The molecule has 0 aliphatic heterocycles. The molecule has 0 aromatic carbocycles. The summed E-state index contributed by atoms with van der Waals surface area (Å²) in [4.78, 5) is 5.26. The van der Waals surface area contributed by atoms with Crippen LogP contribution >= 0.6 is 11.8 Å². The summed E-state index contributed by atoms with van der Waals surface area (Å²) >= 11 is 1.88. The van der Waals surface area contributed by atoms with Gasteiger partial charge in [0.25, 0.3) is 0 Å². The third kappa shape index (κ3) is 5.19. The first-order chi connectivity index (χ1) is 5.93. The van der Waals surface area contributed by atoms with Crippen LogP contribution in [0.3, 0.4) is 0 Å². The molecule has 0 radical (unpaired) electrons. The fourth-order valence-corrected chi connectivity index (χ4v) is 1.41. The Balaban J connectivity index is 0.000000561. The summed E-state index contributed by atoms with van der Waals surface area (Å²) in [5.74, 6) is 1.20. The molecular formula is C10H17NS. The van der Waals surface area contributed by atoms with Crippen LogP contribution in [-0.4, -0.2) is 10.7 Å². The molecule has 0 atom stereocenters. The van der Waals surface area contributed by atoms with Gasteiger partial charge in [-0.1, -0.05) is 20.8 Å². The normalized spacial score (nSPS) is 8.58. The molecule has 0 saturated heterocycles. The van der Waals surface area contributed by atoms with Crippen molar-refractivity contribution in [1.29, 1.82) is 0 Å². The summed E-state index contributed by atoms with van der Waals surface area (Å²) in [6.45, 7) is 6.19. The van der Waals surface area contributed by atoms with Crippen LogP contribution in [0.5, 0.6) is 0 Å². The number of rotatable bonds is 3. The molecule has 0 aliphatic rings. The van der Waals surface area contributed by atoms with Crippen LogP contribution in [-0.2, 0) is 0 Å². The van der Waals surface area contributed by atoms with Crippen LogP contribution in [0, 0.1) is 0 Å². The summed E-state index contributed by atoms with van der Waals surface area (Å²) in [6.07, 6.45) is 4.89. The Morgan fingerprint density at radius 2 is 1.83 bits per heavy atom. The SMILES string of the molecule is CC.CCCSc1ccncc1. The highest BCUT2D eigenvalue weighted by Gasteiger charge is 1.88. The predicted octanol–water partition coefficient (Wildman–Crippen LogP) is 3.61. The Morgan fingerprint density at radius 3 is 2.33 bits per heavy atom. The van der Waals surface area contributed by atoms with Gasteiger partial charge in [0.1, 0.15) is 0 Å². The van der Waals surface area contributed by atoms with E-state index in [1.54, 1.807) is 0 Å². The van der Waals surface area contributed by atoms with Crippen molar-refractivity contribution in [3.63, 3.8) is 0 Å². The first-order valence-electron chi connectivity index (χ1n) is 4.46. The number of aromatic nitrogens is 1. The minimum absolute atomic E-state index is 1.20. The quantitative estimate of drug-likeness (QED) is 0.664. The Kier molecular flexibility index (Phi) is 8.24. The fraction of sp³-hybridized carbons (Fsp3) is 0.500. The number of nitrogens with zero attached hydrogens (tertiary/aromatic N) is 1. The Hall–Kier alpha value is -0.500. The van der Waals surface area contributed by atoms with Gasteiger partial charge in [-0.15, -0.1) is 11.8 Å². The van der Waals surface area contributed by atoms with E-state index in [0.717, 1.165) is 0 Å². The van der Waals surface area contributed by atoms with Crippen LogP contribution in [0.1, 0.15) is 27.2 Å². The van der Waals surface area contributed by atoms with Crippen molar-refractivity contribution in [2.75, 3.05) is 5.75 Å². The van der Waals surface area contributed by atoms with E-state index in [2.05, 4.69) is 11.9 Å². The second-order valence-corrected chi connectivity index (χ2v) is 3.20. The molecule has 12 heavy (non-hydrogen) atoms. The van der Waals surface area contributed by atoms with Crippen molar-refractivity contribution >= 4 is 11.8 Å². The van der Waals surface area contributed by atoms with Gasteiger partial charge < -0.3 is 0 Å². The second kappa shape index (κ2) is 8.60. The topological polar surface area (TPSA) is 12.9 Å². The summed E-state index contributed by atoms with van der Waals surface area (Å²) in [5, 5.41) is 0. The van der Waals surface area contributed by atoms with Crippen molar-refractivity contribution < 1.29 is 0 Å².